The summed E-state index contributed by atoms with van der Waals surface area (Å²) in [6.07, 6.45) is -3.74. The van der Waals surface area contributed by atoms with Crippen molar-refractivity contribution in [1.82, 2.24) is 19.8 Å². The van der Waals surface area contributed by atoms with Crippen LogP contribution in [0, 0.1) is 0 Å². The molecule has 11 heteroatoms. The summed E-state index contributed by atoms with van der Waals surface area (Å²) in [5.41, 5.74) is 1.85. The minimum Gasteiger partial charge on any atom is -0.444 e. The SMILES string of the molecule is O=C1OCc2ccccc2N1C1CCN(c2ccc3nnc(C(F)(F)F)n3n2)CC1. The van der Waals surface area contributed by atoms with Crippen LogP contribution >= 0.6 is 0 Å². The van der Waals surface area contributed by atoms with Crippen molar-refractivity contribution in [3.8, 4) is 0 Å². The molecule has 2 aromatic heterocycles. The van der Waals surface area contributed by atoms with Crippen LogP contribution in [0.1, 0.15) is 24.2 Å². The monoisotopic (exact) mass is 418 g/mol. The van der Waals surface area contributed by atoms with Crippen LogP contribution in [-0.2, 0) is 17.5 Å². The minimum absolute atomic E-state index is 0.0358. The lowest BCUT2D eigenvalue weighted by molar-refractivity contribution is -0.146. The van der Waals surface area contributed by atoms with E-state index in [2.05, 4.69) is 15.3 Å². The second kappa shape index (κ2) is 6.85. The molecule has 0 saturated carbocycles. The summed E-state index contributed by atoms with van der Waals surface area (Å²) >= 11 is 0. The summed E-state index contributed by atoms with van der Waals surface area (Å²) in [7, 11) is 0. The molecule has 1 fully saturated rings. The standard InChI is InChI=1S/C19H17F3N6O2/c20-19(21,22)17-24-23-15-5-6-16(25-28(15)17)26-9-7-13(8-10-26)27-14-4-2-1-3-12(14)11-30-18(27)29/h1-6,13H,7-11H2. The molecule has 1 amide bonds. The minimum atomic E-state index is -4.64. The summed E-state index contributed by atoms with van der Waals surface area (Å²) in [4.78, 5) is 16.0. The molecule has 4 heterocycles. The summed E-state index contributed by atoms with van der Waals surface area (Å²) in [5.74, 6) is -0.741. The number of alkyl halides is 3. The quantitative estimate of drug-likeness (QED) is 0.636. The zero-order valence-electron chi connectivity index (χ0n) is 15.7. The maximum absolute atomic E-state index is 13.1. The Kier molecular flexibility index (Phi) is 4.26. The van der Waals surface area contributed by atoms with Gasteiger partial charge in [0.15, 0.2) is 5.65 Å². The molecule has 8 nitrogen and oxygen atoms in total. The van der Waals surface area contributed by atoms with E-state index in [-0.39, 0.29) is 24.4 Å². The van der Waals surface area contributed by atoms with Gasteiger partial charge in [0.1, 0.15) is 12.4 Å². The number of amides is 1. The average molecular weight is 418 g/mol. The first kappa shape index (κ1) is 18.6. The Labute approximate surface area is 168 Å². The van der Waals surface area contributed by atoms with E-state index in [4.69, 9.17) is 4.74 Å². The highest BCUT2D eigenvalue weighted by Crippen LogP contribution is 2.33. The maximum Gasteiger partial charge on any atom is 0.453 e. The van der Waals surface area contributed by atoms with Crippen molar-refractivity contribution < 1.29 is 22.7 Å². The number of carbonyl (C=O) groups excluding carboxylic acids is 1. The number of aromatic nitrogens is 4. The summed E-state index contributed by atoms with van der Waals surface area (Å²) < 4.78 is 45.4. The molecule has 156 valence electrons. The lowest BCUT2D eigenvalue weighted by atomic mass is 10.0. The van der Waals surface area contributed by atoms with Crippen LogP contribution < -0.4 is 9.80 Å². The Bertz CT molecular complexity index is 1110. The molecule has 0 atom stereocenters. The maximum atomic E-state index is 13.1. The number of piperidine rings is 1. The van der Waals surface area contributed by atoms with Crippen LogP contribution in [0.15, 0.2) is 36.4 Å². The molecule has 0 unspecified atom stereocenters. The second-order valence-electron chi connectivity index (χ2n) is 7.25. The number of para-hydroxylation sites is 1. The predicted octanol–water partition coefficient (Wildman–Crippen LogP) is 3.27. The number of ether oxygens (including phenoxy) is 1. The lowest BCUT2D eigenvalue weighted by Crippen LogP contribution is -2.49. The number of cyclic esters (lactones) is 1. The van der Waals surface area contributed by atoms with E-state index < -0.39 is 12.0 Å². The van der Waals surface area contributed by atoms with Gasteiger partial charge in [-0.2, -0.15) is 17.7 Å². The van der Waals surface area contributed by atoms with Crippen molar-refractivity contribution in [2.75, 3.05) is 22.9 Å². The fourth-order valence-corrected chi connectivity index (χ4v) is 4.00. The van der Waals surface area contributed by atoms with Crippen LogP contribution in [-0.4, -0.2) is 45.0 Å². The van der Waals surface area contributed by atoms with Gasteiger partial charge in [-0.25, -0.2) is 4.79 Å². The Balaban J connectivity index is 1.36. The number of rotatable bonds is 2. The van der Waals surface area contributed by atoms with Gasteiger partial charge in [0.25, 0.3) is 5.82 Å². The number of nitrogens with zero attached hydrogens (tertiary/aromatic N) is 6. The summed E-state index contributed by atoms with van der Waals surface area (Å²) in [6.45, 7) is 1.34. The Morgan fingerprint density at radius 3 is 2.57 bits per heavy atom. The largest absolute Gasteiger partial charge is 0.453 e. The number of carbonyl (C=O) groups is 1. The molecule has 30 heavy (non-hydrogen) atoms. The molecule has 5 rings (SSSR count). The van der Waals surface area contributed by atoms with Crippen molar-refractivity contribution in [3.63, 3.8) is 0 Å². The highest BCUT2D eigenvalue weighted by atomic mass is 19.4. The van der Waals surface area contributed by atoms with Gasteiger partial charge < -0.3 is 9.64 Å². The van der Waals surface area contributed by atoms with Gasteiger partial charge in [-0.3, -0.25) is 4.90 Å². The molecular weight excluding hydrogens is 401 g/mol. The van der Waals surface area contributed by atoms with E-state index in [0.717, 1.165) is 15.8 Å². The molecule has 2 aliphatic rings. The van der Waals surface area contributed by atoms with Crippen LogP contribution in [0.25, 0.3) is 5.65 Å². The summed E-state index contributed by atoms with van der Waals surface area (Å²) in [6, 6.07) is 10.7. The number of fused-ring (bicyclic) bond motifs is 2. The van der Waals surface area contributed by atoms with E-state index >= 15 is 0 Å². The Morgan fingerprint density at radius 2 is 1.80 bits per heavy atom. The smallest absolute Gasteiger partial charge is 0.444 e. The van der Waals surface area contributed by atoms with E-state index in [0.29, 0.717) is 31.7 Å². The van der Waals surface area contributed by atoms with E-state index in [1.54, 1.807) is 11.0 Å². The Hall–Kier alpha value is -3.37. The number of halogens is 3. The van der Waals surface area contributed by atoms with Crippen molar-refractivity contribution in [3.05, 3.63) is 47.8 Å². The number of benzene rings is 1. The molecule has 0 bridgehead atoms. The van der Waals surface area contributed by atoms with Crippen LogP contribution in [0.3, 0.4) is 0 Å². The first-order valence-electron chi connectivity index (χ1n) is 9.50. The van der Waals surface area contributed by atoms with Crippen molar-refractivity contribution in [1.29, 1.82) is 0 Å². The predicted molar refractivity (Wildman–Crippen MR) is 100 cm³/mol. The van der Waals surface area contributed by atoms with Crippen LogP contribution in [0.2, 0.25) is 0 Å². The first-order chi connectivity index (χ1) is 14.4. The molecule has 0 aliphatic carbocycles. The van der Waals surface area contributed by atoms with Crippen molar-refractivity contribution >= 4 is 23.2 Å². The fraction of sp³-hybridized carbons (Fsp3) is 0.368. The summed E-state index contributed by atoms with van der Waals surface area (Å²) in [5, 5.41) is 10.8. The fourth-order valence-electron chi connectivity index (χ4n) is 4.00. The van der Waals surface area contributed by atoms with E-state index in [1.165, 1.54) is 6.07 Å². The molecule has 2 aliphatic heterocycles. The van der Waals surface area contributed by atoms with Crippen molar-refractivity contribution in [2.24, 2.45) is 0 Å². The molecule has 0 spiro atoms. The topological polar surface area (TPSA) is 75.9 Å². The highest BCUT2D eigenvalue weighted by Gasteiger charge is 2.38. The van der Waals surface area contributed by atoms with Crippen LogP contribution in [0.4, 0.5) is 29.5 Å². The van der Waals surface area contributed by atoms with Crippen molar-refractivity contribution in [2.45, 2.75) is 31.7 Å². The second-order valence-corrected chi connectivity index (χ2v) is 7.25. The molecule has 0 N–H and O–H groups in total. The number of anilines is 2. The average Bonchev–Trinajstić information content (AvgIpc) is 3.18. The molecular formula is C19H17F3N6O2. The molecule has 1 aromatic carbocycles. The zero-order chi connectivity index (χ0) is 20.9. The third-order valence-corrected chi connectivity index (χ3v) is 5.45. The highest BCUT2D eigenvalue weighted by molar-refractivity contribution is 5.91. The first-order valence-corrected chi connectivity index (χ1v) is 9.50. The van der Waals surface area contributed by atoms with Gasteiger partial charge in [-0.1, -0.05) is 18.2 Å². The zero-order valence-corrected chi connectivity index (χ0v) is 15.7. The third-order valence-electron chi connectivity index (χ3n) is 5.45. The normalized spacial score (nSPS) is 17.9. The lowest BCUT2D eigenvalue weighted by Gasteiger charge is -2.40. The van der Waals surface area contributed by atoms with Gasteiger partial charge in [0.05, 0.1) is 5.69 Å². The van der Waals surface area contributed by atoms with E-state index in [9.17, 15) is 18.0 Å². The van der Waals surface area contributed by atoms with Gasteiger partial charge >= 0.3 is 12.3 Å². The molecule has 3 aromatic rings. The number of hydrogen-bond donors (Lipinski definition) is 0. The van der Waals surface area contributed by atoms with E-state index in [1.807, 2.05) is 29.2 Å². The van der Waals surface area contributed by atoms with Gasteiger partial charge in [0.2, 0.25) is 0 Å². The third kappa shape index (κ3) is 3.10. The number of hydrogen-bond acceptors (Lipinski definition) is 6. The van der Waals surface area contributed by atoms with Gasteiger partial charge in [-0.15, -0.1) is 15.3 Å². The van der Waals surface area contributed by atoms with Gasteiger partial charge in [-0.05, 0) is 31.0 Å². The van der Waals surface area contributed by atoms with Gasteiger partial charge in [0, 0.05) is 24.7 Å². The molecule has 1 saturated heterocycles. The molecule has 0 radical (unpaired) electrons. The Morgan fingerprint density at radius 1 is 1.03 bits per heavy atom. The van der Waals surface area contributed by atoms with Crippen LogP contribution in [0.5, 0.6) is 0 Å².